The van der Waals surface area contributed by atoms with E-state index in [1.54, 1.807) is 18.4 Å². The van der Waals surface area contributed by atoms with Crippen LogP contribution in [0.3, 0.4) is 0 Å². The van der Waals surface area contributed by atoms with E-state index in [0.29, 0.717) is 23.5 Å². The number of aliphatic hydroxyl groups excluding tert-OH is 1. The van der Waals surface area contributed by atoms with Crippen molar-refractivity contribution in [2.45, 2.75) is 32.1 Å². The molecule has 0 saturated carbocycles. The predicted octanol–water partition coefficient (Wildman–Crippen LogP) is 2.35. The quantitative estimate of drug-likeness (QED) is 0.643. The zero-order chi connectivity index (χ0) is 15.9. The number of thioether (sulfide) groups is 1. The molecule has 0 amide bonds. The number of hydrogen-bond acceptors (Lipinski definition) is 4. The highest BCUT2D eigenvalue weighted by molar-refractivity contribution is 8.00. The Bertz CT molecular complexity index is 462. The van der Waals surface area contributed by atoms with Crippen molar-refractivity contribution in [3.63, 3.8) is 0 Å². The van der Waals surface area contributed by atoms with Gasteiger partial charge in [-0.3, -0.25) is 0 Å². The fourth-order valence-corrected chi connectivity index (χ4v) is 3.74. The standard InChI is InChI=1S/C16H27N3O2S/c1-4-17-16(18-10-13(20)14-6-5-8-21-14)19-7-9-22-15(11-19)12(2)3/h5-6,8,12-13,15,20H,4,7,9-11H2,1-3H3,(H,17,18). The molecule has 1 aliphatic rings. The summed E-state index contributed by atoms with van der Waals surface area (Å²) >= 11 is 2.04. The minimum Gasteiger partial charge on any atom is -0.467 e. The Morgan fingerprint density at radius 1 is 1.59 bits per heavy atom. The topological polar surface area (TPSA) is 61.0 Å². The highest BCUT2D eigenvalue weighted by atomic mass is 32.2. The van der Waals surface area contributed by atoms with Crippen LogP contribution in [0.15, 0.2) is 27.8 Å². The smallest absolute Gasteiger partial charge is 0.194 e. The second kappa shape index (κ2) is 8.48. The third kappa shape index (κ3) is 4.68. The zero-order valence-electron chi connectivity index (χ0n) is 13.7. The van der Waals surface area contributed by atoms with Crippen LogP contribution in [0.25, 0.3) is 0 Å². The minimum atomic E-state index is -0.691. The number of aliphatic hydroxyl groups is 1. The third-order valence-corrected chi connectivity index (χ3v) is 5.30. The maximum atomic E-state index is 10.1. The van der Waals surface area contributed by atoms with E-state index in [4.69, 9.17) is 4.42 Å². The average molecular weight is 325 g/mol. The van der Waals surface area contributed by atoms with Gasteiger partial charge in [-0.05, 0) is 25.0 Å². The lowest BCUT2D eigenvalue weighted by Gasteiger charge is -2.36. The van der Waals surface area contributed by atoms with E-state index in [9.17, 15) is 5.11 Å². The SMILES string of the molecule is CCNC(=NCC(O)c1ccco1)N1CCSC(C(C)C)C1. The Kier molecular flexibility index (Phi) is 6.64. The molecule has 2 heterocycles. The number of nitrogens with one attached hydrogen (secondary N) is 1. The maximum absolute atomic E-state index is 10.1. The Morgan fingerprint density at radius 3 is 3.05 bits per heavy atom. The van der Waals surface area contributed by atoms with Crippen molar-refractivity contribution in [2.75, 3.05) is 31.9 Å². The van der Waals surface area contributed by atoms with Crippen molar-refractivity contribution in [1.29, 1.82) is 0 Å². The molecule has 1 aliphatic heterocycles. The molecule has 1 saturated heterocycles. The van der Waals surface area contributed by atoms with E-state index in [-0.39, 0.29) is 0 Å². The molecule has 6 heteroatoms. The first-order chi connectivity index (χ1) is 10.6. The molecule has 5 nitrogen and oxygen atoms in total. The predicted molar refractivity (Wildman–Crippen MR) is 92.3 cm³/mol. The summed E-state index contributed by atoms with van der Waals surface area (Å²) < 4.78 is 5.22. The number of rotatable bonds is 5. The van der Waals surface area contributed by atoms with Crippen LogP contribution in [-0.2, 0) is 0 Å². The lowest BCUT2D eigenvalue weighted by atomic mass is 10.1. The van der Waals surface area contributed by atoms with E-state index in [0.717, 1.165) is 31.3 Å². The molecule has 124 valence electrons. The summed E-state index contributed by atoms with van der Waals surface area (Å²) in [5.74, 6) is 3.23. The molecule has 0 spiro atoms. The summed E-state index contributed by atoms with van der Waals surface area (Å²) in [6.45, 7) is 9.74. The third-order valence-electron chi connectivity index (χ3n) is 3.76. The van der Waals surface area contributed by atoms with Gasteiger partial charge in [0.25, 0.3) is 0 Å². The molecule has 0 aliphatic carbocycles. The van der Waals surface area contributed by atoms with Crippen LogP contribution in [0.4, 0.5) is 0 Å². The lowest BCUT2D eigenvalue weighted by Crippen LogP contribution is -2.49. The monoisotopic (exact) mass is 325 g/mol. The highest BCUT2D eigenvalue weighted by Gasteiger charge is 2.25. The molecule has 2 rings (SSSR count). The Balaban J connectivity index is 2.00. The molecule has 2 N–H and O–H groups in total. The van der Waals surface area contributed by atoms with Crippen molar-refractivity contribution in [1.82, 2.24) is 10.2 Å². The second-order valence-corrected chi connectivity index (χ2v) is 7.17. The Labute approximate surface area is 137 Å². The molecule has 1 aromatic heterocycles. The fraction of sp³-hybridized carbons (Fsp3) is 0.688. The molecular weight excluding hydrogens is 298 g/mol. The lowest BCUT2D eigenvalue weighted by molar-refractivity contribution is 0.158. The number of guanidine groups is 1. The Hall–Kier alpha value is -1.14. The normalized spacial score (nSPS) is 21.2. The van der Waals surface area contributed by atoms with Crippen LogP contribution in [-0.4, -0.2) is 53.1 Å². The summed E-state index contributed by atoms with van der Waals surface area (Å²) in [5.41, 5.74) is 0. The molecule has 22 heavy (non-hydrogen) atoms. The van der Waals surface area contributed by atoms with Crippen LogP contribution >= 0.6 is 11.8 Å². The van der Waals surface area contributed by atoms with E-state index in [2.05, 4.69) is 36.0 Å². The summed E-state index contributed by atoms with van der Waals surface area (Å²) in [5, 5.41) is 14.1. The van der Waals surface area contributed by atoms with Crippen LogP contribution in [0.2, 0.25) is 0 Å². The number of hydrogen-bond donors (Lipinski definition) is 2. The maximum Gasteiger partial charge on any atom is 0.194 e. The van der Waals surface area contributed by atoms with Gasteiger partial charge in [-0.25, -0.2) is 4.99 Å². The zero-order valence-corrected chi connectivity index (χ0v) is 14.5. The van der Waals surface area contributed by atoms with Gasteiger partial charge in [0, 0.05) is 30.6 Å². The van der Waals surface area contributed by atoms with Crippen molar-refractivity contribution in [3.05, 3.63) is 24.2 Å². The first-order valence-electron chi connectivity index (χ1n) is 7.98. The van der Waals surface area contributed by atoms with Gasteiger partial charge in [-0.2, -0.15) is 11.8 Å². The summed E-state index contributed by atoms with van der Waals surface area (Å²) in [6.07, 6.45) is 0.881. The molecule has 0 bridgehead atoms. The number of nitrogens with zero attached hydrogens (tertiary/aromatic N) is 2. The van der Waals surface area contributed by atoms with Gasteiger partial charge in [0.1, 0.15) is 11.9 Å². The first kappa shape index (κ1) is 17.2. The first-order valence-corrected chi connectivity index (χ1v) is 9.03. The van der Waals surface area contributed by atoms with Crippen molar-refractivity contribution >= 4 is 17.7 Å². The molecule has 1 fully saturated rings. The second-order valence-electron chi connectivity index (χ2n) is 5.83. The van der Waals surface area contributed by atoms with Gasteiger partial charge in [0.15, 0.2) is 5.96 Å². The summed E-state index contributed by atoms with van der Waals surface area (Å²) in [6, 6.07) is 3.56. The average Bonchev–Trinajstić information content (AvgIpc) is 3.05. The van der Waals surface area contributed by atoms with E-state index >= 15 is 0 Å². The van der Waals surface area contributed by atoms with Crippen molar-refractivity contribution < 1.29 is 9.52 Å². The minimum absolute atomic E-state index is 0.311. The molecule has 2 atom stereocenters. The van der Waals surface area contributed by atoms with E-state index in [1.165, 1.54) is 0 Å². The van der Waals surface area contributed by atoms with Gasteiger partial charge < -0.3 is 19.7 Å². The van der Waals surface area contributed by atoms with Crippen LogP contribution < -0.4 is 5.32 Å². The molecular formula is C16H27N3O2S. The fourth-order valence-electron chi connectivity index (χ4n) is 2.44. The van der Waals surface area contributed by atoms with Crippen LogP contribution in [0, 0.1) is 5.92 Å². The van der Waals surface area contributed by atoms with Crippen LogP contribution in [0.5, 0.6) is 0 Å². The summed E-state index contributed by atoms with van der Waals surface area (Å²) in [4.78, 5) is 6.90. The van der Waals surface area contributed by atoms with Crippen molar-refractivity contribution in [3.8, 4) is 0 Å². The van der Waals surface area contributed by atoms with Gasteiger partial charge in [0.05, 0.1) is 12.8 Å². The largest absolute Gasteiger partial charge is 0.467 e. The van der Waals surface area contributed by atoms with Gasteiger partial charge in [-0.1, -0.05) is 13.8 Å². The van der Waals surface area contributed by atoms with Crippen LogP contribution in [0.1, 0.15) is 32.6 Å². The van der Waals surface area contributed by atoms with E-state index in [1.807, 2.05) is 11.8 Å². The number of aliphatic imine (C=N–C) groups is 1. The van der Waals surface area contributed by atoms with Crippen molar-refractivity contribution in [2.24, 2.45) is 10.9 Å². The highest BCUT2D eigenvalue weighted by Crippen LogP contribution is 2.25. The molecule has 1 aromatic rings. The van der Waals surface area contributed by atoms with E-state index < -0.39 is 6.10 Å². The summed E-state index contributed by atoms with van der Waals surface area (Å²) in [7, 11) is 0. The van der Waals surface area contributed by atoms with Gasteiger partial charge in [0.2, 0.25) is 0 Å². The molecule has 0 radical (unpaired) electrons. The van der Waals surface area contributed by atoms with Gasteiger partial charge in [-0.15, -0.1) is 0 Å². The number of furan rings is 1. The Morgan fingerprint density at radius 2 is 2.41 bits per heavy atom. The molecule has 2 unspecified atom stereocenters. The molecule has 0 aromatic carbocycles. The van der Waals surface area contributed by atoms with Gasteiger partial charge >= 0.3 is 0 Å².